The molecule has 0 atom stereocenters. The lowest BCUT2D eigenvalue weighted by Gasteiger charge is -2.04. The fourth-order valence-corrected chi connectivity index (χ4v) is 3.12. The van der Waals surface area contributed by atoms with Gasteiger partial charge in [-0.3, -0.25) is 4.79 Å². The molecule has 1 amide bonds. The van der Waals surface area contributed by atoms with Gasteiger partial charge in [0.2, 0.25) is 0 Å². The van der Waals surface area contributed by atoms with Crippen LogP contribution in [0.25, 0.3) is 22.4 Å². The van der Waals surface area contributed by atoms with Crippen molar-refractivity contribution in [2.75, 3.05) is 5.32 Å². The van der Waals surface area contributed by atoms with Crippen molar-refractivity contribution in [3.05, 3.63) is 70.3 Å². The first-order valence-electron chi connectivity index (χ1n) is 7.74. The van der Waals surface area contributed by atoms with Crippen LogP contribution in [0.1, 0.15) is 10.4 Å². The molecular weight excluding hydrogens is 392 g/mol. The van der Waals surface area contributed by atoms with E-state index in [0.717, 1.165) is 0 Å². The van der Waals surface area contributed by atoms with Crippen LogP contribution in [-0.4, -0.2) is 25.8 Å². The van der Waals surface area contributed by atoms with Crippen LogP contribution in [0.2, 0.25) is 10.0 Å². The molecule has 9 heteroatoms. The molecular formula is C18H10Cl2FN5O. The first-order valence-corrected chi connectivity index (χ1v) is 8.49. The van der Waals surface area contributed by atoms with Gasteiger partial charge < -0.3 is 10.3 Å². The molecule has 0 fully saturated rings. The van der Waals surface area contributed by atoms with Gasteiger partial charge in [-0.2, -0.15) is 0 Å². The maximum atomic E-state index is 14.2. The number of nitrogens with zero attached hydrogens (tertiary/aromatic N) is 3. The van der Waals surface area contributed by atoms with Crippen LogP contribution < -0.4 is 5.32 Å². The number of halogens is 3. The lowest BCUT2D eigenvalue weighted by Crippen LogP contribution is -2.12. The lowest BCUT2D eigenvalue weighted by atomic mass is 10.2. The minimum Gasteiger partial charge on any atom is -0.338 e. The monoisotopic (exact) mass is 401 g/mol. The Bertz CT molecular complexity index is 1140. The van der Waals surface area contributed by atoms with Crippen LogP contribution in [0.15, 0.2) is 48.9 Å². The van der Waals surface area contributed by atoms with Gasteiger partial charge in [0.25, 0.3) is 5.91 Å². The van der Waals surface area contributed by atoms with E-state index >= 15 is 0 Å². The number of carbonyl (C=O) groups is 1. The number of benzene rings is 2. The number of hydrogen-bond acceptors (Lipinski definition) is 4. The predicted octanol–water partition coefficient (Wildman–Crippen LogP) is 4.72. The van der Waals surface area contributed by atoms with E-state index in [0.29, 0.717) is 22.4 Å². The Balaban J connectivity index is 1.75. The normalized spacial score (nSPS) is 10.9. The lowest BCUT2D eigenvalue weighted by molar-refractivity contribution is 0.102. The third-order valence-electron chi connectivity index (χ3n) is 3.83. The number of amides is 1. The minimum atomic E-state index is -0.514. The van der Waals surface area contributed by atoms with E-state index in [2.05, 4.69) is 25.3 Å². The maximum Gasteiger partial charge on any atom is 0.256 e. The van der Waals surface area contributed by atoms with Crippen molar-refractivity contribution in [3.8, 4) is 11.4 Å². The van der Waals surface area contributed by atoms with E-state index in [-0.39, 0.29) is 21.4 Å². The van der Waals surface area contributed by atoms with E-state index in [1.54, 1.807) is 18.2 Å². The standard InChI is InChI=1S/C18H10Cl2FN5O/c19-10-2-1-3-12(21)15(10)17-24-13-7-9(6-11(20)16(13)26-17)18(27)25-14-4-5-22-8-23-14/h1-8H,(H,24,26)(H,22,23,25,27). The molecule has 4 rings (SSSR count). The topological polar surface area (TPSA) is 83.6 Å². The zero-order valence-corrected chi connectivity index (χ0v) is 15.0. The first kappa shape index (κ1) is 17.4. The molecule has 0 aliphatic heterocycles. The van der Waals surface area contributed by atoms with Crippen molar-refractivity contribution in [1.29, 1.82) is 0 Å². The first-order chi connectivity index (χ1) is 13.0. The zero-order chi connectivity index (χ0) is 19.0. The van der Waals surface area contributed by atoms with Crippen LogP contribution in [0.3, 0.4) is 0 Å². The Hall–Kier alpha value is -3.03. The molecule has 0 unspecified atom stereocenters. The average Bonchev–Trinajstić information content (AvgIpc) is 3.06. The molecule has 6 nitrogen and oxygen atoms in total. The number of anilines is 1. The SMILES string of the molecule is O=C(Nc1ccncn1)c1cc(Cl)c2nc(-c3c(F)cccc3Cl)[nH]c2c1. The average molecular weight is 402 g/mol. The van der Waals surface area contributed by atoms with E-state index in [1.807, 2.05) is 0 Å². The number of hydrogen-bond donors (Lipinski definition) is 2. The third kappa shape index (κ3) is 3.34. The number of aromatic nitrogens is 4. The van der Waals surface area contributed by atoms with E-state index in [1.165, 1.54) is 30.7 Å². The largest absolute Gasteiger partial charge is 0.338 e. The Morgan fingerprint density at radius 2 is 2.00 bits per heavy atom. The van der Waals surface area contributed by atoms with Crippen LogP contribution in [0, 0.1) is 5.82 Å². The predicted molar refractivity (Wildman–Crippen MR) is 101 cm³/mol. The van der Waals surface area contributed by atoms with E-state index in [4.69, 9.17) is 23.2 Å². The van der Waals surface area contributed by atoms with Crippen LogP contribution in [-0.2, 0) is 0 Å². The highest BCUT2D eigenvalue weighted by Crippen LogP contribution is 2.32. The second-order valence-electron chi connectivity index (χ2n) is 5.59. The Kier molecular flexibility index (Phi) is 4.47. The van der Waals surface area contributed by atoms with Gasteiger partial charge >= 0.3 is 0 Å². The molecule has 2 N–H and O–H groups in total. The van der Waals surface area contributed by atoms with Gasteiger partial charge in [-0.05, 0) is 30.3 Å². The quantitative estimate of drug-likeness (QED) is 0.520. The summed E-state index contributed by atoms with van der Waals surface area (Å²) in [5, 5.41) is 3.10. The fourth-order valence-electron chi connectivity index (χ4n) is 2.60. The molecule has 2 heterocycles. The van der Waals surface area contributed by atoms with Crippen LogP contribution in [0.4, 0.5) is 10.2 Å². The molecule has 0 bridgehead atoms. The number of aromatic amines is 1. The van der Waals surface area contributed by atoms with Gasteiger partial charge in [0, 0.05) is 11.8 Å². The fraction of sp³-hybridized carbons (Fsp3) is 0. The minimum absolute atomic E-state index is 0.137. The molecule has 2 aromatic carbocycles. The molecule has 0 aliphatic carbocycles. The Morgan fingerprint density at radius 3 is 2.74 bits per heavy atom. The molecule has 0 saturated carbocycles. The number of H-pyrrole nitrogens is 1. The second-order valence-corrected chi connectivity index (χ2v) is 6.40. The molecule has 2 aromatic heterocycles. The zero-order valence-electron chi connectivity index (χ0n) is 13.5. The third-order valence-corrected chi connectivity index (χ3v) is 4.43. The highest BCUT2D eigenvalue weighted by Gasteiger charge is 2.17. The Labute approximate surface area is 162 Å². The summed E-state index contributed by atoms with van der Waals surface area (Å²) in [7, 11) is 0. The smallest absolute Gasteiger partial charge is 0.256 e. The number of fused-ring (bicyclic) bond motifs is 1. The van der Waals surface area contributed by atoms with Gasteiger partial charge in [0.15, 0.2) is 0 Å². The van der Waals surface area contributed by atoms with Crippen molar-refractivity contribution in [3.63, 3.8) is 0 Å². The number of imidazole rings is 1. The summed E-state index contributed by atoms with van der Waals surface area (Å²) in [5.41, 5.74) is 1.31. The second kappa shape index (κ2) is 6.94. The van der Waals surface area contributed by atoms with Gasteiger partial charge in [0.1, 0.15) is 29.3 Å². The van der Waals surface area contributed by atoms with Gasteiger partial charge in [-0.1, -0.05) is 29.3 Å². The summed E-state index contributed by atoms with van der Waals surface area (Å²) in [6.45, 7) is 0. The summed E-state index contributed by atoms with van der Waals surface area (Å²) >= 11 is 12.4. The molecule has 4 aromatic rings. The molecule has 0 saturated heterocycles. The Morgan fingerprint density at radius 1 is 1.15 bits per heavy atom. The number of nitrogens with one attached hydrogen (secondary N) is 2. The molecule has 0 spiro atoms. The van der Waals surface area contributed by atoms with Gasteiger partial charge in [-0.25, -0.2) is 19.3 Å². The summed E-state index contributed by atoms with van der Waals surface area (Å²) in [5.74, 6) is -0.338. The molecule has 27 heavy (non-hydrogen) atoms. The van der Waals surface area contributed by atoms with Crippen LogP contribution in [0.5, 0.6) is 0 Å². The van der Waals surface area contributed by atoms with Gasteiger partial charge in [0.05, 0.1) is 21.1 Å². The molecule has 134 valence electrons. The highest BCUT2D eigenvalue weighted by atomic mass is 35.5. The highest BCUT2D eigenvalue weighted by molar-refractivity contribution is 6.36. The number of rotatable bonds is 3. The van der Waals surface area contributed by atoms with Crippen LogP contribution >= 0.6 is 23.2 Å². The van der Waals surface area contributed by atoms with Crippen molar-refractivity contribution in [2.24, 2.45) is 0 Å². The van der Waals surface area contributed by atoms with Crippen molar-refractivity contribution in [1.82, 2.24) is 19.9 Å². The summed E-state index contributed by atoms with van der Waals surface area (Å²) in [6, 6.07) is 8.97. The summed E-state index contributed by atoms with van der Waals surface area (Å²) in [4.78, 5) is 27.5. The van der Waals surface area contributed by atoms with Crippen molar-refractivity contribution >= 4 is 46.0 Å². The van der Waals surface area contributed by atoms with E-state index < -0.39 is 11.7 Å². The molecule has 0 aliphatic rings. The summed E-state index contributed by atoms with van der Waals surface area (Å²) in [6.07, 6.45) is 2.84. The van der Waals surface area contributed by atoms with E-state index in [9.17, 15) is 9.18 Å². The number of carbonyl (C=O) groups excluding carboxylic acids is 1. The van der Waals surface area contributed by atoms with Crippen molar-refractivity contribution < 1.29 is 9.18 Å². The summed E-state index contributed by atoms with van der Waals surface area (Å²) < 4.78 is 14.2. The van der Waals surface area contributed by atoms with Gasteiger partial charge in [-0.15, -0.1) is 0 Å². The molecule has 0 radical (unpaired) electrons. The maximum absolute atomic E-state index is 14.2. The van der Waals surface area contributed by atoms with Crippen molar-refractivity contribution in [2.45, 2.75) is 0 Å².